The molecule has 0 rings (SSSR count). The second kappa shape index (κ2) is 28.0. The zero-order chi connectivity index (χ0) is 26.4. The zero-order valence-corrected chi connectivity index (χ0v) is 25.2. The number of hydrogen-bond acceptors (Lipinski definition) is 16. The average Bonchev–Trinajstić information content (AvgIpc) is 2.74. The summed E-state index contributed by atoms with van der Waals surface area (Å²) in [7, 11) is 4.81. The Hall–Kier alpha value is 0.407. The minimum Gasteiger partial charge on any atom is -0.813 e. The molecule has 0 fully saturated rings. The Kier molecular flexibility index (Phi) is 34.2. The second-order valence-electron chi connectivity index (χ2n) is 5.12. The van der Waals surface area contributed by atoms with Crippen LogP contribution >= 0.6 is 43.2 Å². The summed E-state index contributed by atoms with van der Waals surface area (Å²) in [6.07, 6.45) is 0. The van der Waals surface area contributed by atoms with Crippen molar-refractivity contribution >= 4 is 80.5 Å². The van der Waals surface area contributed by atoms with Crippen LogP contribution in [0.3, 0.4) is 0 Å². The van der Waals surface area contributed by atoms with Gasteiger partial charge in [-0.1, -0.05) is 43.2 Å². The molecule has 0 aliphatic heterocycles. The van der Waals surface area contributed by atoms with Crippen molar-refractivity contribution in [3.8, 4) is 0 Å². The summed E-state index contributed by atoms with van der Waals surface area (Å²) in [5.41, 5.74) is 20.8. The molecule has 0 aromatic rings. The molecule has 202 valence electrons. The van der Waals surface area contributed by atoms with Gasteiger partial charge in [-0.3, -0.25) is 19.2 Å². The van der Waals surface area contributed by atoms with Crippen LogP contribution < -0.4 is 22.9 Å². The molecule has 0 bridgehead atoms. The van der Waals surface area contributed by atoms with E-state index in [0.717, 1.165) is 0 Å². The largest absolute Gasteiger partial charge is 0.813 e. The maximum atomic E-state index is 10.3. The third-order valence-corrected chi connectivity index (χ3v) is 9.32. The first-order valence-corrected chi connectivity index (χ1v) is 16.2. The van der Waals surface area contributed by atoms with Gasteiger partial charge in [0, 0.05) is 23.0 Å². The molecule has 0 aromatic carbocycles. The third-order valence-electron chi connectivity index (χ3n) is 2.48. The first kappa shape index (κ1) is 41.5. The molecular weight excluding hydrogens is 728 g/mol. The van der Waals surface area contributed by atoms with Crippen molar-refractivity contribution in [3.63, 3.8) is 0 Å². The van der Waals surface area contributed by atoms with Gasteiger partial charge in [-0.2, -0.15) is 0 Å². The topological polar surface area (TPSA) is 297 Å². The number of aliphatic carboxylic acids is 4. The van der Waals surface area contributed by atoms with E-state index < -0.39 is 85.9 Å². The first-order chi connectivity index (χ1) is 15.3. The van der Waals surface area contributed by atoms with Gasteiger partial charge in [-0.25, -0.2) is 0 Å². The van der Waals surface area contributed by atoms with Crippen LogP contribution in [0.5, 0.6) is 0 Å². The summed E-state index contributed by atoms with van der Waals surface area (Å²) >= 11 is -3.06. The second-order valence-corrected chi connectivity index (χ2v) is 13.2. The Morgan fingerprint density at radius 3 is 0.853 bits per heavy atom. The minimum atomic E-state index is -1.53. The van der Waals surface area contributed by atoms with E-state index in [1.165, 1.54) is 43.2 Å². The van der Waals surface area contributed by atoms with E-state index in [0.29, 0.717) is 0 Å². The smallest absolute Gasteiger partial charge is 0.813 e. The SMILES string of the molecule is NC(CSSCC(N)C(=O)O)C(=O)O.NC(CSSCC(N)C(=O)O)C(=O)O.[O]=[Mo][O][Mo]=[O].[SH-]. The van der Waals surface area contributed by atoms with Crippen LogP contribution in [-0.2, 0) is 79.3 Å². The number of carbonyl (C=O) groups is 4. The van der Waals surface area contributed by atoms with Crippen LogP contribution in [0.4, 0.5) is 0 Å². The van der Waals surface area contributed by atoms with Crippen molar-refractivity contribution < 1.29 is 86.3 Å². The number of carboxylic acids is 4. The van der Waals surface area contributed by atoms with Crippen LogP contribution in [0.1, 0.15) is 0 Å². The Morgan fingerprint density at radius 1 is 0.588 bits per heavy atom. The van der Waals surface area contributed by atoms with Crippen LogP contribution in [0.15, 0.2) is 0 Å². The van der Waals surface area contributed by atoms with Crippen LogP contribution in [0.2, 0.25) is 0 Å². The normalized spacial score (nSPS) is 13.1. The summed E-state index contributed by atoms with van der Waals surface area (Å²) in [5, 5.41) is 33.6. The summed E-state index contributed by atoms with van der Waals surface area (Å²) in [6, 6.07) is -3.69. The maximum Gasteiger partial charge on any atom is -0.813 e. The average molecular weight is 754 g/mol. The third kappa shape index (κ3) is 30.4. The van der Waals surface area contributed by atoms with Gasteiger partial charge >= 0.3 is 70.5 Å². The molecule has 0 spiro atoms. The van der Waals surface area contributed by atoms with Gasteiger partial charge in [0.2, 0.25) is 0 Å². The van der Waals surface area contributed by atoms with E-state index >= 15 is 0 Å². The standard InChI is InChI=1S/2C6H12N2O4S2.2Mo.3O.H2S/c2*7-3(5(9)10)1-13-14-2-4(8)6(11)12;;;;;;/h2*3-4H,1-2,7-8H2,(H,9,10)(H,11,12);;;;;;1H2/p-1. The maximum absolute atomic E-state index is 10.3. The van der Waals surface area contributed by atoms with E-state index in [4.69, 9.17) is 43.4 Å². The molecule has 15 nitrogen and oxygen atoms in total. The van der Waals surface area contributed by atoms with Crippen LogP contribution in [0.25, 0.3) is 0 Å². The summed E-state index contributed by atoms with van der Waals surface area (Å²) in [6.45, 7) is 0. The Balaban J connectivity index is -0.000000216. The molecule has 0 aromatic heterocycles. The van der Waals surface area contributed by atoms with Crippen LogP contribution in [0, 0.1) is 0 Å². The fraction of sp³-hybridized carbons (Fsp3) is 0.667. The molecule has 4 atom stereocenters. The number of rotatable bonds is 16. The van der Waals surface area contributed by atoms with Gasteiger partial charge in [0.25, 0.3) is 0 Å². The van der Waals surface area contributed by atoms with Crippen molar-refractivity contribution in [2.45, 2.75) is 24.2 Å². The first-order valence-electron chi connectivity index (χ1n) is 7.99. The number of thiol groups is 1. The summed E-state index contributed by atoms with van der Waals surface area (Å²) in [5.74, 6) is -3.36. The number of hydrogen-bond donors (Lipinski definition) is 8. The van der Waals surface area contributed by atoms with Gasteiger partial charge in [-0.15, -0.1) is 0 Å². The van der Waals surface area contributed by atoms with E-state index in [-0.39, 0.29) is 36.5 Å². The van der Waals surface area contributed by atoms with Crippen molar-refractivity contribution in [2.24, 2.45) is 22.9 Å². The van der Waals surface area contributed by atoms with E-state index in [2.05, 4.69) is 2.04 Å². The number of carboxylic acid groups (broad SMARTS) is 4. The monoisotopic (exact) mass is 757 g/mol. The molecule has 0 saturated carbocycles. The summed E-state index contributed by atoms with van der Waals surface area (Å²) < 4.78 is 22.5. The van der Waals surface area contributed by atoms with Gasteiger partial charge in [0.15, 0.2) is 0 Å². The fourth-order valence-corrected chi connectivity index (χ4v) is 5.62. The van der Waals surface area contributed by atoms with Crippen molar-refractivity contribution in [3.05, 3.63) is 0 Å². The molecule has 4 unspecified atom stereocenters. The molecule has 0 amide bonds. The quantitative estimate of drug-likeness (QED) is 0.0273. The fourth-order valence-electron chi connectivity index (χ4n) is 0.782. The van der Waals surface area contributed by atoms with E-state index in [1.54, 1.807) is 0 Å². The van der Waals surface area contributed by atoms with Gasteiger partial charge in [0.1, 0.15) is 24.2 Å². The molecule has 34 heavy (non-hydrogen) atoms. The number of nitrogens with two attached hydrogens (primary N) is 4. The van der Waals surface area contributed by atoms with Crippen molar-refractivity contribution in [1.29, 1.82) is 0 Å². The minimum absolute atomic E-state index is 0. The van der Waals surface area contributed by atoms with Gasteiger partial charge < -0.3 is 56.9 Å². The van der Waals surface area contributed by atoms with E-state index in [1.807, 2.05) is 0 Å². The van der Waals surface area contributed by atoms with Crippen molar-refractivity contribution in [2.75, 3.05) is 23.0 Å². The zero-order valence-electron chi connectivity index (χ0n) is 17.0. The van der Waals surface area contributed by atoms with Crippen molar-refractivity contribution in [1.82, 2.24) is 0 Å². The summed E-state index contributed by atoms with van der Waals surface area (Å²) in [4.78, 5) is 41.1. The molecule has 12 N–H and O–H groups in total. The molecular formula is C12H25Mo2N4O11S5-. The Bertz CT molecular complexity index is 535. The molecule has 0 aliphatic rings. The Labute approximate surface area is 235 Å². The predicted octanol–water partition coefficient (Wildman–Crippen LogP) is -2.20. The Morgan fingerprint density at radius 2 is 0.765 bits per heavy atom. The molecule has 0 heterocycles. The molecule has 0 aliphatic carbocycles. The van der Waals surface area contributed by atoms with E-state index in [9.17, 15) is 26.0 Å². The molecule has 0 saturated heterocycles. The van der Waals surface area contributed by atoms with Gasteiger partial charge in [-0.05, 0) is 0 Å². The van der Waals surface area contributed by atoms with Crippen LogP contribution in [-0.4, -0.2) is 91.5 Å². The molecule has 0 radical (unpaired) electrons. The van der Waals surface area contributed by atoms with Gasteiger partial charge in [0.05, 0.1) is 0 Å². The molecule has 22 heteroatoms. The predicted molar refractivity (Wildman–Crippen MR) is 123 cm³/mol.